The summed E-state index contributed by atoms with van der Waals surface area (Å²) < 4.78 is 5.47. The van der Waals surface area contributed by atoms with Gasteiger partial charge in [-0.05, 0) is 62.6 Å². The third kappa shape index (κ3) is 5.59. The maximum Gasteiger partial charge on any atom is 0.232 e. The monoisotopic (exact) mass is 513 g/mol. The first-order valence-electron chi connectivity index (χ1n) is 10.8. The van der Waals surface area contributed by atoms with E-state index in [0.29, 0.717) is 28.3 Å². The highest BCUT2D eigenvalue weighted by molar-refractivity contribution is 8.00. The van der Waals surface area contributed by atoms with Gasteiger partial charge in [-0.25, -0.2) is 0 Å². The SMILES string of the molecule is CC(C)N(C(=O)C(C)(C)C)c1ccc(C2(Sc3ccc(Cl)c(Cl)c3)CCOCC2)cc1Cl. The van der Waals surface area contributed by atoms with E-state index in [4.69, 9.17) is 39.5 Å². The third-order valence-corrected chi connectivity index (χ3v) is 8.18. The van der Waals surface area contributed by atoms with Crippen molar-refractivity contribution < 1.29 is 9.53 Å². The van der Waals surface area contributed by atoms with E-state index in [1.54, 1.807) is 16.7 Å². The minimum absolute atomic E-state index is 0.00676. The van der Waals surface area contributed by atoms with E-state index in [9.17, 15) is 4.79 Å². The van der Waals surface area contributed by atoms with Crippen molar-refractivity contribution in [3.63, 3.8) is 0 Å². The van der Waals surface area contributed by atoms with E-state index < -0.39 is 5.41 Å². The third-order valence-electron chi connectivity index (χ3n) is 5.61. The molecule has 1 saturated heterocycles. The van der Waals surface area contributed by atoms with E-state index in [2.05, 4.69) is 6.07 Å². The predicted molar refractivity (Wildman–Crippen MR) is 138 cm³/mol. The molecule has 32 heavy (non-hydrogen) atoms. The maximum absolute atomic E-state index is 13.1. The average molecular weight is 515 g/mol. The molecule has 174 valence electrons. The summed E-state index contributed by atoms with van der Waals surface area (Å²) in [7, 11) is 0. The number of hydrogen-bond acceptors (Lipinski definition) is 3. The van der Waals surface area contributed by atoms with Crippen LogP contribution in [0.3, 0.4) is 0 Å². The molecule has 0 bridgehead atoms. The average Bonchev–Trinajstić information content (AvgIpc) is 2.72. The number of carbonyl (C=O) groups excluding carboxylic acids is 1. The van der Waals surface area contributed by atoms with Crippen molar-refractivity contribution in [1.82, 2.24) is 0 Å². The fourth-order valence-electron chi connectivity index (χ4n) is 3.89. The smallest absolute Gasteiger partial charge is 0.232 e. The van der Waals surface area contributed by atoms with E-state index in [1.165, 1.54) is 0 Å². The van der Waals surface area contributed by atoms with Crippen LogP contribution in [0.4, 0.5) is 5.69 Å². The second kappa shape index (κ2) is 10.1. The van der Waals surface area contributed by atoms with Gasteiger partial charge < -0.3 is 9.64 Å². The largest absolute Gasteiger partial charge is 0.381 e. The van der Waals surface area contributed by atoms with E-state index >= 15 is 0 Å². The molecular formula is C25H30Cl3NO2S. The molecule has 0 aromatic heterocycles. The van der Waals surface area contributed by atoms with Gasteiger partial charge in [0.25, 0.3) is 0 Å². The van der Waals surface area contributed by atoms with Crippen LogP contribution in [0.15, 0.2) is 41.3 Å². The van der Waals surface area contributed by atoms with Crippen molar-refractivity contribution in [2.75, 3.05) is 18.1 Å². The molecule has 1 aliphatic rings. The van der Waals surface area contributed by atoms with E-state index in [1.807, 2.05) is 65.0 Å². The van der Waals surface area contributed by atoms with E-state index in [0.717, 1.165) is 29.0 Å². The summed E-state index contributed by atoms with van der Waals surface area (Å²) in [5.74, 6) is 0.0492. The molecule has 1 amide bonds. The normalized spacial score (nSPS) is 16.3. The second-order valence-electron chi connectivity index (χ2n) is 9.47. The molecule has 1 fully saturated rings. The quantitative estimate of drug-likeness (QED) is 0.402. The zero-order valence-corrected chi connectivity index (χ0v) is 22.3. The van der Waals surface area contributed by atoms with Crippen molar-refractivity contribution in [2.45, 2.75) is 63.1 Å². The van der Waals surface area contributed by atoms with Crippen LogP contribution >= 0.6 is 46.6 Å². The van der Waals surface area contributed by atoms with Crippen LogP contribution in [-0.2, 0) is 14.3 Å². The van der Waals surface area contributed by atoms with Gasteiger partial charge in [0.05, 0.1) is 20.8 Å². The Morgan fingerprint density at radius 3 is 2.19 bits per heavy atom. The molecule has 3 rings (SSSR count). The molecule has 2 aromatic rings. The Hall–Kier alpha value is -0.910. The van der Waals surface area contributed by atoms with Crippen molar-refractivity contribution in [3.05, 3.63) is 57.0 Å². The van der Waals surface area contributed by atoms with Gasteiger partial charge >= 0.3 is 0 Å². The van der Waals surface area contributed by atoms with E-state index in [-0.39, 0.29) is 16.7 Å². The van der Waals surface area contributed by atoms with Crippen LogP contribution in [0.25, 0.3) is 0 Å². The molecule has 0 saturated carbocycles. The number of halogens is 3. The van der Waals surface area contributed by atoms with Crippen molar-refractivity contribution >= 4 is 58.2 Å². The topological polar surface area (TPSA) is 29.5 Å². The highest BCUT2D eigenvalue weighted by Crippen LogP contribution is 2.50. The molecule has 1 aliphatic heterocycles. The Morgan fingerprint density at radius 1 is 1.00 bits per heavy atom. The van der Waals surface area contributed by atoms with Gasteiger partial charge in [-0.3, -0.25) is 4.79 Å². The summed E-state index contributed by atoms with van der Waals surface area (Å²) in [6.07, 6.45) is 1.70. The Morgan fingerprint density at radius 2 is 1.66 bits per heavy atom. The van der Waals surface area contributed by atoms with Gasteiger partial charge in [-0.15, -0.1) is 11.8 Å². The Balaban J connectivity index is 2.01. The Bertz CT molecular complexity index is 982. The van der Waals surface area contributed by atoms with Gasteiger partial charge in [-0.1, -0.05) is 61.6 Å². The van der Waals surface area contributed by atoms with Gasteiger partial charge in [0.2, 0.25) is 5.91 Å². The van der Waals surface area contributed by atoms with Crippen LogP contribution in [0.1, 0.15) is 53.0 Å². The molecule has 0 aliphatic carbocycles. The number of benzene rings is 2. The lowest BCUT2D eigenvalue weighted by Gasteiger charge is -2.38. The highest BCUT2D eigenvalue weighted by atomic mass is 35.5. The lowest BCUT2D eigenvalue weighted by molar-refractivity contribution is -0.126. The molecule has 3 nitrogen and oxygen atoms in total. The summed E-state index contributed by atoms with van der Waals surface area (Å²) in [5.41, 5.74) is 1.36. The number of anilines is 1. The summed E-state index contributed by atoms with van der Waals surface area (Å²) >= 11 is 21.0. The first-order chi connectivity index (χ1) is 14.9. The van der Waals surface area contributed by atoms with Crippen LogP contribution in [-0.4, -0.2) is 25.2 Å². The number of hydrogen-bond donors (Lipinski definition) is 0. The summed E-state index contributed by atoms with van der Waals surface area (Å²) in [4.78, 5) is 16.0. The number of amides is 1. The standard InChI is InChI=1S/C25H30Cl3NO2S/c1-16(2)29(23(30)24(3,4)5)22-9-6-17(14-21(22)28)25(10-12-31-13-11-25)32-18-7-8-19(26)20(27)15-18/h6-9,14-16H,10-13H2,1-5H3. The highest BCUT2D eigenvalue weighted by Gasteiger charge is 2.37. The number of ether oxygens (including phenoxy) is 1. The number of rotatable bonds is 5. The first-order valence-corrected chi connectivity index (χ1v) is 12.8. The molecule has 2 aromatic carbocycles. The van der Waals surface area contributed by atoms with Crippen LogP contribution in [0.2, 0.25) is 15.1 Å². The zero-order chi connectivity index (χ0) is 23.7. The minimum atomic E-state index is -0.502. The summed E-state index contributed by atoms with van der Waals surface area (Å²) in [6, 6.07) is 11.8. The van der Waals surface area contributed by atoms with Crippen LogP contribution in [0.5, 0.6) is 0 Å². The minimum Gasteiger partial charge on any atom is -0.381 e. The number of nitrogens with zero attached hydrogens (tertiary/aromatic N) is 1. The molecule has 7 heteroatoms. The fourth-order valence-corrected chi connectivity index (χ4v) is 5.90. The van der Waals surface area contributed by atoms with Crippen molar-refractivity contribution in [2.24, 2.45) is 5.41 Å². The Kier molecular flexibility index (Phi) is 8.15. The molecule has 0 N–H and O–H groups in total. The second-order valence-corrected chi connectivity index (χ2v) is 12.1. The first kappa shape index (κ1) is 25.7. The predicted octanol–water partition coefficient (Wildman–Crippen LogP) is 8.23. The van der Waals surface area contributed by atoms with Crippen LogP contribution < -0.4 is 4.90 Å². The molecule has 0 radical (unpaired) electrons. The van der Waals surface area contributed by atoms with Gasteiger partial charge in [-0.2, -0.15) is 0 Å². The fraction of sp³-hybridized carbons (Fsp3) is 0.480. The lowest BCUT2D eigenvalue weighted by atomic mass is 9.89. The summed E-state index contributed by atoms with van der Waals surface area (Å²) in [6.45, 7) is 11.2. The lowest BCUT2D eigenvalue weighted by Crippen LogP contribution is -2.44. The number of thioether (sulfide) groups is 1. The van der Waals surface area contributed by atoms with Gasteiger partial charge in [0.1, 0.15) is 0 Å². The molecule has 1 heterocycles. The summed E-state index contributed by atoms with van der Waals surface area (Å²) in [5, 5.41) is 1.66. The van der Waals surface area contributed by atoms with Crippen molar-refractivity contribution in [3.8, 4) is 0 Å². The van der Waals surface area contributed by atoms with Crippen molar-refractivity contribution in [1.29, 1.82) is 0 Å². The van der Waals surface area contributed by atoms with Crippen LogP contribution in [0, 0.1) is 5.41 Å². The van der Waals surface area contributed by atoms with Gasteiger partial charge in [0.15, 0.2) is 0 Å². The molecular weight excluding hydrogens is 485 g/mol. The number of carbonyl (C=O) groups is 1. The zero-order valence-electron chi connectivity index (χ0n) is 19.2. The maximum atomic E-state index is 13.1. The molecule has 0 unspecified atom stereocenters. The molecule has 0 spiro atoms. The van der Waals surface area contributed by atoms with Gasteiger partial charge in [0, 0.05) is 34.3 Å². The molecule has 0 atom stereocenters. The Labute approximate surface area is 210 Å².